The van der Waals surface area contributed by atoms with Gasteiger partial charge in [0.1, 0.15) is 18.1 Å². The maximum atomic E-state index is 12.6. The summed E-state index contributed by atoms with van der Waals surface area (Å²) in [6.07, 6.45) is 0.149. The summed E-state index contributed by atoms with van der Waals surface area (Å²) in [7, 11) is 0. The van der Waals surface area contributed by atoms with E-state index in [1.807, 2.05) is 42.5 Å². The van der Waals surface area contributed by atoms with E-state index in [1.54, 1.807) is 25.1 Å². The van der Waals surface area contributed by atoms with Crippen LogP contribution in [0.15, 0.2) is 65.2 Å². The molecule has 0 aliphatic carbocycles. The topological polar surface area (TPSA) is 84.7 Å². The quantitative estimate of drug-likeness (QED) is 0.695. The first kappa shape index (κ1) is 18.7. The third-order valence-corrected chi connectivity index (χ3v) is 4.76. The van der Waals surface area contributed by atoms with Gasteiger partial charge in [0.2, 0.25) is 11.8 Å². The van der Waals surface area contributed by atoms with Crippen molar-refractivity contribution in [1.82, 2.24) is 5.16 Å². The molecule has 7 heteroatoms. The number of hydrogen-bond donors (Lipinski definition) is 1. The van der Waals surface area contributed by atoms with Crippen LogP contribution < -0.4 is 15.0 Å². The lowest BCUT2D eigenvalue weighted by Crippen LogP contribution is -2.28. The van der Waals surface area contributed by atoms with E-state index in [9.17, 15) is 9.59 Å². The summed E-state index contributed by atoms with van der Waals surface area (Å²) in [5.41, 5.74) is 1.74. The number of hydrogen-bond acceptors (Lipinski definition) is 5. The molecule has 1 aliphatic heterocycles. The van der Waals surface area contributed by atoms with Gasteiger partial charge >= 0.3 is 0 Å². The molecule has 1 unspecified atom stereocenters. The Hall–Kier alpha value is -3.61. The van der Waals surface area contributed by atoms with Gasteiger partial charge in [-0.15, -0.1) is 0 Å². The van der Waals surface area contributed by atoms with Crippen molar-refractivity contribution in [2.45, 2.75) is 20.0 Å². The number of aryl methyl sites for hydroxylation is 1. The molecule has 0 saturated carbocycles. The second-order valence-corrected chi connectivity index (χ2v) is 6.99. The Morgan fingerprint density at radius 3 is 2.66 bits per heavy atom. The molecule has 2 amide bonds. The molecule has 148 valence electrons. The Kier molecular flexibility index (Phi) is 5.29. The molecule has 2 aromatic carbocycles. The van der Waals surface area contributed by atoms with Crippen LogP contribution in [0.25, 0.3) is 0 Å². The van der Waals surface area contributed by atoms with E-state index < -0.39 is 5.92 Å². The number of amides is 2. The van der Waals surface area contributed by atoms with E-state index in [0.717, 1.165) is 11.3 Å². The van der Waals surface area contributed by atoms with E-state index >= 15 is 0 Å². The smallest absolute Gasteiger partial charge is 0.229 e. The van der Waals surface area contributed by atoms with Crippen LogP contribution in [-0.2, 0) is 16.2 Å². The van der Waals surface area contributed by atoms with Crippen LogP contribution in [0.5, 0.6) is 5.75 Å². The van der Waals surface area contributed by atoms with Gasteiger partial charge in [-0.3, -0.25) is 14.5 Å². The molecule has 1 N–H and O–H groups in total. The second-order valence-electron chi connectivity index (χ2n) is 6.99. The summed E-state index contributed by atoms with van der Waals surface area (Å²) in [4.78, 5) is 26.3. The number of rotatable bonds is 6. The largest absolute Gasteiger partial charge is 0.489 e. The highest BCUT2D eigenvalue weighted by molar-refractivity contribution is 6.03. The Labute approximate surface area is 168 Å². The highest BCUT2D eigenvalue weighted by Crippen LogP contribution is 2.26. The predicted octanol–water partition coefficient (Wildman–Crippen LogP) is 3.55. The van der Waals surface area contributed by atoms with Gasteiger partial charge in [0.25, 0.3) is 0 Å². The fourth-order valence-electron chi connectivity index (χ4n) is 3.20. The first-order valence-corrected chi connectivity index (χ1v) is 9.40. The number of carbonyl (C=O) groups is 2. The van der Waals surface area contributed by atoms with E-state index in [0.29, 0.717) is 23.9 Å². The average Bonchev–Trinajstić information content (AvgIpc) is 3.33. The number of carbonyl (C=O) groups excluding carboxylic acids is 2. The Balaban J connectivity index is 1.32. The molecule has 7 nitrogen and oxygen atoms in total. The lowest BCUT2D eigenvalue weighted by molar-refractivity contribution is -0.122. The summed E-state index contributed by atoms with van der Waals surface area (Å²) in [6.45, 7) is 2.53. The minimum absolute atomic E-state index is 0.136. The minimum atomic E-state index is -0.437. The highest BCUT2D eigenvalue weighted by Gasteiger charge is 2.36. The van der Waals surface area contributed by atoms with Crippen LogP contribution in [0.2, 0.25) is 0 Å². The van der Waals surface area contributed by atoms with E-state index in [2.05, 4.69) is 10.5 Å². The first-order valence-electron chi connectivity index (χ1n) is 9.40. The summed E-state index contributed by atoms with van der Waals surface area (Å²) in [5.74, 6) is 1.02. The maximum Gasteiger partial charge on any atom is 0.229 e. The summed E-state index contributed by atoms with van der Waals surface area (Å²) >= 11 is 0. The van der Waals surface area contributed by atoms with Crippen molar-refractivity contribution in [3.05, 3.63) is 72.0 Å². The zero-order valence-corrected chi connectivity index (χ0v) is 16.0. The lowest BCUT2D eigenvalue weighted by atomic mass is 10.1. The number of aromatic nitrogens is 1. The fourth-order valence-corrected chi connectivity index (χ4v) is 3.20. The molecule has 1 fully saturated rings. The standard InChI is InChI=1S/C22H21N3O4/c1-15-11-20(24-29-15)25-13-17(12-21(25)26)22(27)23-18-7-9-19(10-8-18)28-14-16-5-3-2-4-6-16/h2-11,17H,12-14H2,1H3,(H,23,27). The molecule has 0 bridgehead atoms. The number of benzene rings is 2. The molecule has 1 aliphatic rings. The van der Waals surface area contributed by atoms with Gasteiger partial charge < -0.3 is 14.6 Å². The molecule has 1 saturated heterocycles. The summed E-state index contributed by atoms with van der Waals surface area (Å²) in [5, 5.41) is 6.72. The SMILES string of the molecule is Cc1cc(N2CC(C(=O)Nc3ccc(OCc4ccccc4)cc3)CC2=O)no1. The van der Waals surface area contributed by atoms with E-state index in [1.165, 1.54) is 4.90 Å². The van der Waals surface area contributed by atoms with Gasteiger partial charge in [0.05, 0.1) is 5.92 Å². The van der Waals surface area contributed by atoms with E-state index in [-0.39, 0.29) is 24.8 Å². The second kappa shape index (κ2) is 8.18. The Morgan fingerprint density at radius 2 is 1.97 bits per heavy atom. The number of ether oxygens (including phenoxy) is 1. The van der Waals surface area contributed by atoms with Gasteiger partial charge in [0.15, 0.2) is 5.82 Å². The van der Waals surface area contributed by atoms with Crippen LogP contribution in [0.3, 0.4) is 0 Å². The van der Waals surface area contributed by atoms with Crippen molar-refractivity contribution in [2.24, 2.45) is 5.92 Å². The number of anilines is 2. The molecular weight excluding hydrogens is 370 g/mol. The van der Waals surface area contributed by atoms with Gasteiger partial charge in [-0.2, -0.15) is 0 Å². The molecule has 1 aromatic heterocycles. The van der Waals surface area contributed by atoms with Crippen molar-refractivity contribution < 1.29 is 18.8 Å². The molecule has 0 radical (unpaired) electrons. The highest BCUT2D eigenvalue weighted by atomic mass is 16.5. The zero-order valence-electron chi connectivity index (χ0n) is 16.0. The van der Waals surface area contributed by atoms with Crippen molar-refractivity contribution in [2.75, 3.05) is 16.8 Å². The zero-order chi connectivity index (χ0) is 20.2. The molecule has 29 heavy (non-hydrogen) atoms. The summed E-state index contributed by atoms with van der Waals surface area (Å²) < 4.78 is 10.8. The number of nitrogens with zero attached hydrogens (tertiary/aromatic N) is 2. The van der Waals surface area contributed by atoms with Gasteiger partial charge in [-0.25, -0.2) is 0 Å². The monoisotopic (exact) mass is 391 g/mol. The lowest BCUT2D eigenvalue weighted by Gasteiger charge is -2.13. The molecule has 1 atom stereocenters. The first-order chi connectivity index (χ1) is 14.1. The molecule has 0 spiro atoms. The van der Waals surface area contributed by atoms with Crippen molar-refractivity contribution >= 4 is 23.3 Å². The van der Waals surface area contributed by atoms with Crippen LogP contribution in [0, 0.1) is 12.8 Å². The van der Waals surface area contributed by atoms with Crippen molar-refractivity contribution in [3.8, 4) is 5.75 Å². The molecule has 2 heterocycles. The Bertz CT molecular complexity index is 998. The predicted molar refractivity (Wildman–Crippen MR) is 108 cm³/mol. The van der Waals surface area contributed by atoms with Crippen LogP contribution >= 0.6 is 0 Å². The van der Waals surface area contributed by atoms with Gasteiger partial charge in [-0.05, 0) is 36.8 Å². The van der Waals surface area contributed by atoms with Crippen LogP contribution in [0.4, 0.5) is 11.5 Å². The van der Waals surface area contributed by atoms with E-state index in [4.69, 9.17) is 9.26 Å². The van der Waals surface area contributed by atoms with Crippen molar-refractivity contribution in [3.63, 3.8) is 0 Å². The Morgan fingerprint density at radius 1 is 1.21 bits per heavy atom. The average molecular weight is 391 g/mol. The van der Waals surface area contributed by atoms with Gasteiger partial charge in [0, 0.05) is 24.7 Å². The van der Waals surface area contributed by atoms with Crippen LogP contribution in [-0.4, -0.2) is 23.5 Å². The normalized spacial score (nSPS) is 16.1. The third-order valence-electron chi connectivity index (χ3n) is 4.76. The number of nitrogens with one attached hydrogen (secondary N) is 1. The minimum Gasteiger partial charge on any atom is -0.489 e. The summed E-state index contributed by atoms with van der Waals surface area (Å²) in [6, 6.07) is 18.8. The third kappa shape index (κ3) is 4.45. The fraction of sp³-hybridized carbons (Fsp3) is 0.227. The van der Waals surface area contributed by atoms with Crippen molar-refractivity contribution in [1.29, 1.82) is 0 Å². The van der Waals surface area contributed by atoms with Crippen LogP contribution in [0.1, 0.15) is 17.7 Å². The molecule has 4 rings (SSSR count). The maximum absolute atomic E-state index is 12.6. The molecular formula is C22H21N3O4. The molecule has 3 aromatic rings. The van der Waals surface area contributed by atoms with Gasteiger partial charge in [-0.1, -0.05) is 35.5 Å².